The van der Waals surface area contributed by atoms with Crippen LogP contribution >= 0.6 is 0 Å². The normalized spacial score (nSPS) is 11.2. The highest BCUT2D eigenvalue weighted by Crippen LogP contribution is 2.26. The van der Waals surface area contributed by atoms with E-state index in [9.17, 15) is 0 Å². The fraction of sp³-hybridized carbons (Fsp3) is 0.0714. The number of nitrogens with zero attached hydrogens (tertiary/aromatic N) is 3. The molecule has 0 fully saturated rings. The summed E-state index contributed by atoms with van der Waals surface area (Å²) in [5.74, 6) is 0.691. The van der Waals surface area contributed by atoms with E-state index in [-0.39, 0.29) is 0 Å². The molecule has 0 spiro atoms. The van der Waals surface area contributed by atoms with Gasteiger partial charge >= 0.3 is 0 Å². The van der Waals surface area contributed by atoms with E-state index in [1.54, 1.807) is 6.20 Å². The molecule has 4 rings (SSSR count). The van der Waals surface area contributed by atoms with E-state index < -0.39 is 0 Å². The third kappa shape index (κ3) is 1.62. The zero-order valence-electron chi connectivity index (χ0n) is 10.7. The summed E-state index contributed by atoms with van der Waals surface area (Å²) in [5.41, 5.74) is 4.22. The van der Waals surface area contributed by atoms with Gasteiger partial charge in [0.25, 0.3) is 0 Å². The lowest BCUT2D eigenvalue weighted by molar-refractivity contribution is 0.450. The highest BCUT2D eigenvalue weighted by atomic mass is 16.5. The van der Waals surface area contributed by atoms with Gasteiger partial charge in [0, 0.05) is 23.3 Å². The van der Waals surface area contributed by atoms with Crippen LogP contribution in [0.15, 0.2) is 41.1 Å². The molecular weight excluding hydrogens is 254 g/mol. The first-order chi connectivity index (χ1) is 9.81. The fourth-order valence-electron chi connectivity index (χ4n) is 2.22. The van der Waals surface area contributed by atoms with Crippen LogP contribution in [0.1, 0.15) is 5.69 Å². The third-order valence-electron chi connectivity index (χ3n) is 3.24. The number of benzene rings is 1. The molecule has 2 N–H and O–H groups in total. The molecule has 20 heavy (non-hydrogen) atoms. The van der Waals surface area contributed by atoms with Crippen molar-refractivity contribution in [3.05, 3.63) is 42.2 Å². The van der Waals surface area contributed by atoms with Crippen LogP contribution in [0, 0.1) is 6.92 Å². The second-order valence-corrected chi connectivity index (χ2v) is 4.58. The van der Waals surface area contributed by atoms with Crippen molar-refractivity contribution in [2.24, 2.45) is 0 Å². The number of aromatic amines is 1. The first-order valence-electron chi connectivity index (χ1n) is 6.23. The summed E-state index contributed by atoms with van der Waals surface area (Å²) >= 11 is 0. The second-order valence-electron chi connectivity index (χ2n) is 4.58. The number of aromatic nitrogens is 4. The van der Waals surface area contributed by atoms with Crippen molar-refractivity contribution >= 4 is 33.5 Å². The van der Waals surface area contributed by atoms with Gasteiger partial charge in [0.1, 0.15) is 5.52 Å². The number of anilines is 2. The van der Waals surface area contributed by atoms with Crippen molar-refractivity contribution in [1.29, 1.82) is 0 Å². The second kappa shape index (κ2) is 4.06. The van der Waals surface area contributed by atoms with Gasteiger partial charge in [0.15, 0.2) is 11.4 Å². The fourth-order valence-corrected chi connectivity index (χ4v) is 2.22. The van der Waals surface area contributed by atoms with Crippen LogP contribution in [0.5, 0.6) is 0 Å². The molecule has 98 valence electrons. The van der Waals surface area contributed by atoms with Crippen LogP contribution in [-0.4, -0.2) is 20.3 Å². The molecule has 0 atom stereocenters. The molecule has 4 aromatic rings. The van der Waals surface area contributed by atoms with Crippen LogP contribution in [0.2, 0.25) is 0 Å². The molecule has 0 saturated carbocycles. The predicted octanol–water partition coefficient (Wildman–Crippen LogP) is 3.15. The summed E-state index contributed by atoms with van der Waals surface area (Å²) in [6.45, 7) is 1.92. The predicted molar refractivity (Wildman–Crippen MR) is 75.9 cm³/mol. The summed E-state index contributed by atoms with van der Waals surface area (Å²) in [6.07, 6.45) is 1.74. The topological polar surface area (TPSA) is 79.6 Å². The Labute approximate surface area is 113 Å². The summed E-state index contributed by atoms with van der Waals surface area (Å²) < 4.78 is 5.26. The number of hydrogen-bond acceptors (Lipinski definition) is 5. The van der Waals surface area contributed by atoms with E-state index in [4.69, 9.17) is 4.52 Å². The van der Waals surface area contributed by atoms with Crippen molar-refractivity contribution in [2.45, 2.75) is 6.92 Å². The van der Waals surface area contributed by atoms with E-state index in [0.29, 0.717) is 5.82 Å². The molecular formula is C14H11N5O. The molecule has 0 amide bonds. The van der Waals surface area contributed by atoms with Gasteiger partial charge in [0.05, 0.1) is 11.2 Å². The molecule has 0 unspecified atom stereocenters. The van der Waals surface area contributed by atoms with Crippen LogP contribution in [0.4, 0.5) is 11.5 Å². The Morgan fingerprint density at radius 1 is 1.25 bits per heavy atom. The lowest BCUT2D eigenvalue weighted by atomic mass is 10.2. The lowest BCUT2D eigenvalue weighted by Gasteiger charge is -2.02. The van der Waals surface area contributed by atoms with E-state index in [1.165, 1.54) is 0 Å². The van der Waals surface area contributed by atoms with Crippen molar-refractivity contribution in [3.8, 4) is 0 Å². The first-order valence-corrected chi connectivity index (χ1v) is 6.23. The average molecular weight is 265 g/mol. The minimum Gasteiger partial charge on any atom is -0.356 e. The Kier molecular flexibility index (Phi) is 2.23. The van der Waals surface area contributed by atoms with E-state index in [1.807, 2.05) is 37.3 Å². The zero-order chi connectivity index (χ0) is 13.5. The molecule has 3 heterocycles. The highest BCUT2D eigenvalue weighted by molar-refractivity contribution is 5.89. The van der Waals surface area contributed by atoms with Gasteiger partial charge in [-0.2, -0.15) is 5.10 Å². The molecule has 6 heteroatoms. The number of aryl methyl sites for hydroxylation is 1. The van der Waals surface area contributed by atoms with Crippen LogP contribution < -0.4 is 5.32 Å². The van der Waals surface area contributed by atoms with Crippen molar-refractivity contribution in [1.82, 2.24) is 20.3 Å². The molecule has 0 aliphatic rings. The van der Waals surface area contributed by atoms with Crippen molar-refractivity contribution < 1.29 is 4.52 Å². The van der Waals surface area contributed by atoms with Crippen LogP contribution in [0.25, 0.3) is 22.0 Å². The van der Waals surface area contributed by atoms with Gasteiger partial charge in [-0.05, 0) is 31.2 Å². The van der Waals surface area contributed by atoms with Gasteiger partial charge in [-0.25, -0.2) is 0 Å². The van der Waals surface area contributed by atoms with Gasteiger partial charge in [0.2, 0.25) is 0 Å². The quantitative estimate of drug-likeness (QED) is 0.582. The molecule has 0 aliphatic heterocycles. The van der Waals surface area contributed by atoms with Gasteiger partial charge in [-0.15, -0.1) is 0 Å². The summed E-state index contributed by atoms with van der Waals surface area (Å²) in [5, 5.41) is 15.4. The Hall–Kier alpha value is -2.89. The van der Waals surface area contributed by atoms with Gasteiger partial charge in [-0.1, -0.05) is 5.16 Å². The van der Waals surface area contributed by atoms with Gasteiger partial charge in [-0.3, -0.25) is 10.1 Å². The molecule has 0 radical (unpaired) electrons. The maximum Gasteiger partial charge on any atom is 0.178 e. The number of H-pyrrole nitrogens is 1. The smallest absolute Gasteiger partial charge is 0.178 e. The average Bonchev–Trinajstić information content (AvgIpc) is 3.04. The maximum atomic E-state index is 5.26. The highest BCUT2D eigenvalue weighted by Gasteiger charge is 2.09. The molecule has 3 aromatic heterocycles. The van der Waals surface area contributed by atoms with E-state index >= 15 is 0 Å². The number of hydrogen-bond donors (Lipinski definition) is 2. The molecule has 6 nitrogen and oxygen atoms in total. The Morgan fingerprint density at radius 2 is 2.20 bits per heavy atom. The van der Waals surface area contributed by atoms with Crippen LogP contribution in [0.3, 0.4) is 0 Å². The zero-order valence-corrected chi connectivity index (χ0v) is 10.7. The number of fused-ring (bicyclic) bond motifs is 2. The minimum absolute atomic E-state index is 0.691. The number of rotatable bonds is 2. The standard InChI is InChI=1S/C14H11N5O/c1-8-10-5-4-9(7-12(10)20-19-8)16-14-13-11(17-18-14)3-2-6-15-13/h2-7H,1H3,(H2,16,17,18). The number of pyridine rings is 1. The first kappa shape index (κ1) is 11.0. The lowest BCUT2D eigenvalue weighted by Crippen LogP contribution is -1.91. The summed E-state index contributed by atoms with van der Waals surface area (Å²) in [6, 6.07) is 9.65. The number of nitrogens with one attached hydrogen (secondary N) is 2. The van der Waals surface area contributed by atoms with Crippen molar-refractivity contribution in [2.75, 3.05) is 5.32 Å². The monoisotopic (exact) mass is 265 g/mol. The molecule has 0 aliphatic carbocycles. The summed E-state index contributed by atoms with van der Waals surface area (Å²) in [4.78, 5) is 4.31. The third-order valence-corrected chi connectivity index (χ3v) is 3.24. The van der Waals surface area contributed by atoms with Crippen molar-refractivity contribution in [3.63, 3.8) is 0 Å². The van der Waals surface area contributed by atoms with E-state index in [0.717, 1.165) is 33.4 Å². The van der Waals surface area contributed by atoms with E-state index in [2.05, 4.69) is 25.7 Å². The molecule has 1 aromatic carbocycles. The summed E-state index contributed by atoms with van der Waals surface area (Å²) in [7, 11) is 0. The SMILES string of the molecule is Cc1noc2cc(Nc3n[nH]c4cccnc34)ccc12. The Balaban J connectivity index is 1.76. The maximum absolute atomic E-state index is 5.26. The minimum atomic E-state index is 0.691. The van der Waals surface area contributed by atoms with Gasteiger partial charge < -0.3 is 9.84 Å². The largest absolute Gasteiger partial charge is 0.356 e. The Morgan fingerprint density at radius 3 is 3.15 bits per heavy atom. The Bertz CT molecular complexity index is 908. The van der Waals surface area contributed by atoms with Crippen LogP contribution in [-0.2, 0) is 0 Å². The molecule has 0 bridgehead atoms. The molecule has 0 saturated heterocycles.